The second-order valence-electron chi connectivity index (χ2n) is 4.96. The summed E-state index contributed by atoms with van der Waals surface area (Å²) < 4.78 is 1.29. The molecule has 0 saturated carbocycles. The number of benzene rings is 2. The predicted octanol–water partition coefficient (Wildman–Crippen LogP) is 6.07. The minimum atomic E-state index is 0.795. The summed E-state index contributed by atoms with van der Waals surface area (Å²) >= 11 is 8.08. The van der Waals surface area contributed by atoms with Gasteiger partial charge in [-0.2, -0.15) is 0 Å². The van der Waals surface area contributed by atoms with Crippen molar-refractivity contribution >= 4 is 38.0 Å². The largest absolute Gasteiger partial charge is 0.363 e. The van der Waals surface area contributed by atoms with Crippen LogP contribution in [-0.4, -0.2) is 13.1 Å². The van der Waals surface area contributed by atoms with Crippen LogP contribution in [0.5, 0.6) is 0 Å². The number of rotatable bonds is 4. The molecule has 3 heteroatoms. The fourth-order valence-electron chi connectivity index (χ4n) is 2.67. The molecule has 0 aliphatic carbocycles. The van der Waals surface area contributed by atoms with Crippen molar-refractivity contribution < 1.29 is 0 Å². The van der Waals surface area contributed by atoms with Gasteiger partial charge in [0.05, 0.1) is 0 Å². The van der Waals surface area contributed by atoms with Gasteiger partial charge in [-0.05, 0) is 37.6 Å². The van der Waals surface area contributed by atoms with Crippen LogP contribution in [0.1, 0.15) is 13.8 Å². The molecule has 3 rings (SSSR count). The van der Waals surface area contributed by atoms with Crippen molar-refractivity contribution in [1.29, 1.82) is 0 Å². The molecule has 0 radical (unpaired) electrons. The van der Waals surface area contributed by atoms with Crippen LogP contribution in [0.3, 0.4) is 0 Å². The van der Waals surface area contributed by atoms with E-state index in [0.717, 1.165) is 18.1 Å². The molecule has 0 bridgehead atoms. The highest BCUT2D eigenvalue weighted by atomic mass is 35.5. The van der Waals surface area contributed by atoms with Crippen molar-refractivity contribution in [2.75, 3.05) is 18.0 Å². The van der Waals surface area contributed by atoms with Gasteiger partial charge >= 0.3 is 0 Å². The molecule has 3 aromatic rings. The van der Waals surface area contributed by atoms with E-state index in [1.165, 1.54) is 26.2 Å². The van der Waals surface area contributed by atoms with Gasteiger partial charge in [0.15, 0.2) is 0 Å². The summed E-state index contributed by atoms with van der Waals surface area (Å²) in [4.78, 5) is 2.42. The Morgan fingerprint density at radius 2 is 1.71 bits per heavy atom. The molecule has 2 aromatic carbocycles. The molecule has 1 nitrogen and oxygen atoms in total. The molecular formula is C18H18ClNS. The Kier molecular flexibility index (Phi) is 4.18. The third kappa shape index (κ3) is 2.66. The Bertz CT molecular complexity index is 745. The van der Waals surface area contributed by atoms with Crippen molar-refractivity contribution in [2.24, 2.45) is 0 Å². The van der Waals surface area contributed by atoms with E-state index in [0.29, 0.717) is 0 Å². The Hall–Kier alpha value is -1.51. The molecule has 1 heterocycles. The summed E-state index contributed by atoms with van der Waals surface area (Å²) in [6.45, 7) is 6.43. The topological polar surface area (TPSA) is 3.24 Å². The molecule has 0 aliphatic rings. The Morgan fingerprint density at radius 3 is 2.38 bits per heavy atom. The van der Waals surface area contributed by atoms with E-state index >= 15 is 0 Å². The van der Waals surface area contributed by atoms with Crippen LogP contribution in [0.15, 0.2) is 48.5 Å². The summed E-state index contributed by atoms with van der Waals surface area (Å²) in [6, 6.07) is 16.8. The Morgan fingerprint density at radius 1 is 1.00 bits per heavy atom. The molecule has 0 atom stereocenters. The predicted molar refractivity (Wildman–Crippen MR) is 95.8 cm³/mol. The van der Waals surface area contributed by atoms with Crippen LogP contribution in [0.2, 0.25) is 5.02 Å². The lowest BCUT2D eigenvalue weighted by Gasteiger charge is -2.21. The lowest BCUT2D eigenvalue weighted by atomic mass is 10.0. The molecule has 108 valence electrons. The molecule has 0 spiro atoms. The molecule has 0 unspecified atom stereocenters. The van der Waals surface area contributed by atoms with E-state index in [-0.39, 0.29) is 0 Å². The van der Waals surface area contributed by atoms with Gasteiger partial charge in [-0.15, -0.1) is 11.3 Å². The second kappa shape index (κ2) is 6.08. The smallest absolute Gasteiger partial charge is 0.100 e. The van der Waals surface area contributed by atoms with E-state index in [2.05, 4.69) is 61.2 Å². The number of halogens is 1. The average Bonchev–Trinajstić information content (AvgIpc) is 2.88. The summed E-state index contributed by atoms with van der Waals surface area (Å²) in [5, 5.41) is 3.38. The fraction of sp³-hybridized carbons (Fsp3) is 0.222. The second-order valence-corrected chi connectivity index (χ2v) is 6.43. The Balaban J connectivity index is 2.31. The monoisotopic (exact) mass is 315 g/mol. The quantitative estimate of drug-likeness (QED) is 0.565. The normalized spacial score (nSPS) is 11.0. The van der Waals surface area contributed by atoms with Crippen LogP contribution in [0.25, 0.3) is 21.2 Å². The third-order valence-corrected chi connectivity index (χ3v) is 5.21. The van der Waals surface area contributed by atoms with Crippen molar-refractivity contribution in [2.45, 2.75) is 13.8 Å². The maximum atomic E-state index is 6.23. The van der Waals surface area contributed by atoms with Crippen molar-refractivity contribution in [3.63, 3.8) is 0 Å². The molecule has 21 heavy (non-hydrogen) atoms. The highest BCUT2D eigenvalue weighted by molar-refractivity contribution is 7.23. The average molecular weight is 316 g/mol. The van der Waals surface area contributed by atoms with E-state index in [4.69, 9.17) is 11.6 Å². The number of fused-ring (bicyclic) bond motifs is 1. The van der Waals surface area contributed by atoms with Gasteiger partial charge in [0.2, 0.25) is 0 Å². The molecule has 0 N–H and O–H groups in total. The van der Waals surface area contributed by atoms with Gasteiger partial charge in [0, 0.05) is 33.8 Å². The van der Waals surface area contributed by atoms with Crippen molar-refractivity contribution in [3.05, 3.63) is 53.6 Å². The number of anilines is 1. The number of hydrogen-bond donors (Lipinski definition) is 0. The number of thiophene rings is 1. The van der Waals surface area contributed by atoms with E-state index in [9.17, 15) is 0 Å². The van der Waals surface area contributed by atoms with Crippen LogP contribution in [0.4, 0.5) is 5.00 Å². The lowest BCUT2D eigenvalue weighted by Crippen LogP contribution is -2.21. The van der Waals surface area contributed by atoms with E-state index in [1.54, 1.807) is 0 Å². The molecular weight excluding hydrogens is 298 g/mol. The first-order valence-corrected chi connectivity index (χ1v) is 8.46. The lowest BCUT2D eigenvalue weighted by molar-refractivity contribution is 0.877. The number of hydrogen-bond acceptors (Lipinski definition) is 2. The van der Waals surface area contributed by atoms with Crippen molar-refractivity contribution in [3.8, 4) is 11.1 Å². The molecule has 0 saturated heterocycles. The van der Waals surface area contributed by atoms with Crippen LogP contribution < -0.4 is 4.90 Å². The van der Waals surface area contributed by atoms with Crippen LogP contribution in [0, 0.1) is 0 Å². The summed E-state index contributed by atoms with van der Waals surface area (Å²) in [7, 11) is 0. The maximum absolute atomic E-state index is 6.23. The first-order chi connectivity index (χ1) is 10.2. The van der Waals surface area contributed by atoms with Crippen LogP contribution >= 0.6 is 22.9 Å². The highest BCUT2D eigenvalue weighted by Gasteiger charge is 2.17. The van der Waals surface area contributed by atoms with Gasteiger partial charge in [0.25, 0.3) is 0 Å². The third-order valence-electron chi connectivity index (χ3n) is 3.74. The summed E-state index contributed by atoms with van der Waals surface area (Å²) in [5.41, 5.74) is 2.56. The first-order valence-electron chi connectivity index (χ1n) is 7.27. The molecule has 0 amide bonds. The molecule has 0 aliphatic heterocycles. The van der Waals surface area contributed by atoms with Crippen LogP contribution in [-0.2, 0) is 0 Å². The van der Waals surface area contributed by atoms with E-state index in [1.807, 2.05) is 17.4 Å². The number of nitrogens with zero attached hydrogens (tertiary/aromatic N) is 1. The first kappa shape index (κ1) is 14.4. The molecule has 1 aromatic heterocycles. The SMILES string of the molecule is CCN(CC)c1sc2ccc(Cl)cc2c1-c1ccccc1. The Labute approximate surface area is 134 Å². The minimum Gasteiger partial charge on any atom is -0.363 e. The van der Waals surface area contributed by atoms with Gasteiger partial charge in [-0.1, -0.05) is 41.9 Å². The van der Waals surface area contributed by atoms with E-state index < -0.39 is 0 Å². The zero-order valence-electron chi connectivity index (χ0n) is 12.3. The van der Waals surface area contributed by atoms with Gasteiger partial charge in [-0.3, -0.25) is 0 Å². The standard InChI is InChI=1S/C18H18ClNS/c1-3-20(4-2)18-17(13-8-6-5-7-9-13)15-12-14(19)10-11-16(15)21-18/h5-12H,3-4H2,1-2H3. The highest BCUT2D eigenvalue weighted by Crippen LogP contribution is 2.45. The maximum Gasteiger partial charge on any atom is 0.100 e. The van der Waals surface area contributed by atoms with Gasteiger partial charge < -0.3 is 4.90 Å². The minimum absolute atomic E-state index is 0.795. The fourth-order valence-corrected chi connectivity index (χ4v) is 4.18. The van der Waals surface area contributed by atoms with Gasteiger partial charge in [-0.25, -0.2) is 0 Å². The molecule has 0 fully saturated rings. The zero-order chi connectivity index (χ0) is 14.8. The van der Waals surface area contributed by atoms with Crippen molar-refractivity contribution in [1.82, 2.24) is 0 Å². The summed E-state index contributed by atoms with van der Waals surface area (Å²) in [5.74, 6) is 0. The zero-order valence-corrected chi connectivity index (χ0v) is 13.8. The van der Waals surface area contributed by atoms with Gasteiger partial charge in [0.1, 0.15) is 5.00 Å². The summed E-state index contributed by atoms with van der Waals surface area (Å²) in [6.07, 6.45) is 0.